The van der Waals surface area contributed by atoms with Crippen LogP contribution in [-0.4, -0.2) is 34.1 Å². The van der Waals surface area contributed by atoms with Gasteiger partial charge in [-0.3, -0.25) is 34.7 Å². The summed E-state index contributed by atoms with van der Waals surface area (Å²) >= 11 is 0. The van der Waals surface area contributed by atoms with Crippen molar-refractivity contribution in [1.29, 1.82) is 0 Å². The van der Waals surface area contributed by atoms with Crippen LogP contribution < -0.4 is 10.0 Å². The van der Waals surface area contributed by atoms with Gasteiger partial charge < -0.3 is 5.32 Å². The van der Waals surface area contributed by atoms with Crippen molar-refractivity contribution >= 4 is 49.8 Å². The van der Waals surface area contributed by atoms with E-state index in [1.807, 2.05) is 0 Å². The molecular weight excluding hydrogens is 480 g/mol. The molecule has 4 rings (SSSR count). The highest BCUT2D eigenvalue weighted by molar-refractivity contribution is 7.92. The lowest BCUT2D eigenvalue weighted by molar-refractivity contribution is -0.394. The highest BCUT2D eigenvalue weighted by Gasteiger charge is 2.24. The average molecular weight is 494 g/mol. The van der Waals surface area contributed by atoms with E-state index in [-0.39, 0.29) is 16.4 Å². The quantitative estimate of drug-likeness (QED) is 0.286. The zero-order valence-electron chi connectivity index (χ0n) is 17.5. The highest BCUT2D eigenvalue weighted by atomic mass is 32.2. The van der Waals surface area contributed by atoms with Gasteiger partial charge in [0.2, 0.25) is 0 Å². The molecule has 0 aliphatic heterocycles. The summed E-state index contributed by atoms with van der Waals surface area (Å²) in [5.41, 5.74) is -0.418. The predicted octanol–water partition coefficient (Wildman–Crippen LogP) is 3.50. The van der Waals surface area contributed by atoms with Crippen molar-refractivity contribution in [2.24, 2.45) is 0 Å². The van der Waals surface area contributed by atoms with Crippen molar-refractivity contribution < 1.29 is 23.1 Å². The van der Waals surface area contributed by atoms with Crippen LogP contribution in [0.25, 0.3) is 11.0 Å². The minimum atomic E-state index is -4.03. The zero-order valence-corrected chi connectivity index (χ0v) is 18.3. The maximum atomic E-state index is 12.7. The fourth-order valence-electron chi connectivity index (χ4n) is 3.10. The van der Waals surface area contributed by atoms with E-state index in [1.165, 1.54) is 30.5 Å². The molecule has 0 aliphatic rings. The molecule has 0 bridgehead atoms. The Hall–Kier alpha value is -4.98. The van der Waals surface area contributed by atoms with Crippen molar-refractivity contribution in [2.45, 2.75) is 4.90 Å². The van der Waals surface area contributed by atoms with Crippen molar-refractivity contribution in [2.75, 3.05) is 10.0 Å². The lowest BCUT2D eigenvalue weighted by Gasteiger charge is -2.09. The molecule has 0 saturated heterocycles. The van der Waals surface area contributed by atoms with Crippen LogP contribution in [0.2, 0.25) is 0 Å². The molecule has 1 amide bonds. The van der Waals surface area contributed by atoms with Gasteiger partial charge in [-0.2, -0.15) is 0 Å². The zero-order chi connectivity index (χ0) is 25.2. The molecule has 0 unspecified atom stereocenters. The van der Waals surface area contributed by atoms with Crippen LogP contribution in [-0.2, 0) is 10.0 Å². The molecule has 3 aromatic carbocycles. The molecule has 2 N–H and O–H groups in total. The summed E-state index contributed by atoms with van der Waals surface area (Å²) in [5.74, 6) is -0.877. The second-order valence-corrected chi connectivity index (χ2v) is 8.73. The largest absolute Gasteiger partial charge is 0.322 e. The number of nitrogens with zero attached hydrogens (tertiary/aromatic N) is 4. The van der Waals surface area contributed by atoms with Gasteiger partial charge in [-0.25, -0.2) is 13.4 Å². The second-order valence-electron chi connectivity index (χ2n) is 7.04. The Morgan fingerprint density at radius 3 is 2.23 bits per heavy atom. The van der Waals surface area contributed by atoms with Crippen LogP contribution in [0.5, 0.6) is 0 Å². The Kier molecular flexibility index (Phi) is 6.03. The van der Waals surface area contributed by atoms with Gasteiger partial charge in [0.25, 0.3) is 27.3 Å². The molecule has 0 fully saturated rings. The van der Waals surface area contributed by atoms with E-state index in [4.69, 9.17) is 0 Å². The van der Waals surface area contributed by atoms with E-state index in [2.05, 4.69) is 20.0 Å². The van der Waals surface area contributed by atoms with Gasteiger partial charge in [0, 0.05) is 11.8 Å². The third-order valence-electron chi connectivity index (χ3n) is 4.74. The molecule has 13 nitrogen and oxygen atoms in total. The number of benzene rings is 3. The lowest BCUT2D eigenvalue weighted by atomic mass is 10.1. The number of para-hydroxylation sites is 2. The number of rotatable bonds is 7. The van der Waals surface area contributed by atoms with E-state index in [9.17, 15) is 33.4 Å². The second kappa shape index (κ2) is 9.11. The molecule has 1 heterocycles. The third-order valence-corrected chi connectivity index (χ3v) is 6.11. The molecule has 4 aromatic rings. The van der Waals surface area contributed by atoms with Gasteiger partial charge in [-0.05, 0) is 42.5 Å². The van der Waals surface area contributed by atoms with Crippen LogP contribution in [0, 0.1) is 20.2 Å². The normalized spacial score (nSPS) is 11.1. The number of fused-ring (bicyclic) bond motifs is 1. The Morgan fingerprint density at radius 2 is 1.57 bits per heavy atom. The van der Waals surface area contributed by atoms with Crippen LogP contribution in [0.3, 0.4) is 0 Å². The first-order valence-electron chi connectivity index (χ1n) is 9.73. The van der Waals surface area contributed by atoms with E-state index in [0.717, 1.165) is 12.1 Å². The summed E-state index contributed by atoms with van der Waals surface area (Å²) in [6, 6.07) is 14.6. The number of hydrogen-bond acceptors (Lipinski definition) is 9. The van der Waals surface area contributed by atoms with Crippen LogP contribution in [0.15, 0.2) is 77.8 Å². The fraction of sp³-hybridized carbons (Fsp3) is 0. The monoisotopic (exact) mass is 494 g/mol. The standard InChI is InChI=1S/C21H14N6O7S/c28-21(16-10-7-14(26(29)30)11-19(16)27(31)32)23-13-5-8-15(9-6-13)35(33,34)25-20-12-22-17-3-1-2-4-18(17)24-20/h1-12H,(H,23,28)(H,24,25). The fourth-order valence-corrected chi connectivity index (χ4v) is 4.08. The lowest BCUT2D eigenvalue weighted by Crippen LogP contribution is -2.16. The van der Waals surface area contributed by atoms with E-state index in [1.54, 1.807) is 24.3 Å². The summed E-state index contributed by atoms with van der Waals surface area (Å²) in [4.78, 5) is 41.1. The van der Waals surface area contributed by atoms with Gasteiger partial charge >= 0.3 is 0 Å². The summed E-state index contributed by atoms with van der Waals surface area (Å²) in [6.07, 6.45) is 1.28. The molecule has 0 saturated carbocycles. The Labute approximate surface area is 196 Å². The van der Waals surface area contributed by atoms with Crippen LogP contribution >= 0.6 is 0 Å². The molecule has 0 radical (unpaired) electrons. The molecule has 0 spiro atoms. The van der Waals surface area contributed by atoms with Gasteiger partial charge in [0.05, 0.1) is 38.0 Å². The van der Waals surface area contributed by atoms with Crippen molar-refractivity contribution in [3.63, 3.8) is 0 Å². The smallest absolute Gasteiger partial charge is 0.289 e. The van der Waals surface area contributed by atoms with Gasteiger partial charge in [0.1, 0.15) is 5.56 Å². The molecule has 176 valence electrons. The van der Waals surface area contributed by atoms with E-state index in [0.29, 0.717) is 17.1 Å². The Balaban J connectivity index is 1.52. The highest BCUT2D eigenvalue weighted by Crippen LogP contribution is 2.26. The number of hydrogen-bond donors (Lipinski definition) is 2. The maximum absolute atomic E-state index is 12.7. The molecular formula is C21H14N6O7S. The summed E-state index contributed by atoms with van der Waals surface area (Å²) in [5, 5.41) is 24.5. The number of anilines is 2. The minimum Gasteiger partial charge on any atom is -0.322 e. The molecule has 1 aromatic heterocycles. The first kappa shape index (κ1) is 23.2. The predicted molar refractivity (Wildman–Crippen MR) is 124 cm³/mol. The van der Waals surface area contributed by atoms with Crippen LogP contribution in [0.4, 0.5) is 22.9 Å². The number of nitro benzene ring substituents is 2. The summed E-state index contributed by atoms with van der Waals surface area (Å²) in [7, 11) is -4.03. The van der Waals surface area contributed by atoms with Crippen LogP contribution in [0.1, 0.15) is 10.4 Å². The summed E-state index contributed by atoms with van der Waals surface area (Å²) < 4.78 is 27.7. The van der Waals surface area contributed by atoms with Crippen molar-refractivity contribution in [1.82, 2.24) is 9.97 Å². The number of non-ortho nitro benzene ring substituents is 1. The van der Waals surface area contributed by atoms with Crippen molar-refractivity contribution in [3.8, 4) is 0 Å². The average Bonchev–Trinajstić information content (AvgIpc) is 2.83. The van der Waals surface area contributed by atoms with Crippen molar-refractivity contribution in [3.05, 3.63) is 98.7 Å². The van der Waals surface area contributed by atoms with Gasteiger partial charge in [-0.15, -0.1) is 0 Å². The number of nitro groups is 2. The Bertz CT molecular complexity index is 1590. The number of carbonyl (C=O) groups excluding carboxylic acids is 1. The van der Waals surface area contributed by atoms with Gasteiger partial charge in [0.15, 0.2) is 5.82 Å². The number of aromatic nitrogens is 2. The first-order valence-corrected chi connectivity index (χ1v) is 11.2. The SMILES string of the molecule is O=C(Nc1ccc(S(=O)(=O)Nc2cnc3ccccc3n2)cc1)c1ccc([N+](=O)[O-])cc1[N+](=O)[O-]. The van der Waals surface area contributed by atoms with E-state index < -0.39 is 42.7 Å². The molecule has 14 heteroatoms. The summed E-state index contributed by atoms with van der Waals surface area (Å²) in [6.45, 7) is 0. The number of nitrogens with one attached hydrogen (secondary N) is 2. The molecule has 35 heavy (non-hydrogen) atoms. The topological polar surface area (TPSA) is 187 Å². The number of carbonyl (C=O) groups is 1. The first-order chi connectivity index (χ1) is 16.6. The maximum Gasteiger partial charge on any atom is 0.289 e. The minimum absolute atomic E-state index is 0.0200. The number of sulfonamides is 1. The van der Waals surface area contributed by atoms with Gasteiger partial charge in [-0.1, -0.05) is 12.1 Å². The number of amides is 1. The molecule has 0 atom stereocenters. The third kappa shape index (κ3) is 5.01. The van der Waals surface area contributed by atoms with E-state index >= 15 is 0 Å². The molecule has 0 aliphatic carbocycles. The Morgan fingerprint density at radius 1 is 0.886 bits per heavy atom.